The van der Waals surface area contributed by atoms with Gasteiger partial charge >= 0.3 is 12.1 Å². The molecule has 2 N–H and O–H groups in total. The highest BCUT2D eigenvalue weighted by molar-refractivity contribution is 5.97. The van der Waals surface area contributed by atoms with Gasteiger partial charge in [-0.25, -0.2) is 9.78 Å². The number of aliphatic carboxylic acids is 1. The summed E-state index contributed by atoms with van der Waals surface area (Å²) < 4.78 is 38.4. The van der Waals surface area contributed by atoms with E-state index < -0.39 is 23.8 Å². The van der Waals surface area contributed by atoms with Crippen LogP contribution in [0.3, 0.4) is 0 Å². The molecule has 1 amide bonds. The Morgan fingerprint density at radius 2 is 1.84 bits per heavy atom. The first-order valence-corrected chi connectivity index (χ1v) is 9.47. The summed E-state index contributed by atoms with van der Waals surface area (Å²) >= 11 is 0. The molecule has 0 saturated carbocycles. The summed E-state index contributed by atoms with van der Waals surface area (Å²) in [6.45, 7) is 0.401. The number of carbonyl (C=O) groups excluding carboxylic acids is 1. The van der Waals surface area contributed by atoms with Gasteiger partial charge in [0.1, 0.15) is 11.9 Å². The van der Waals surface area contributed by atoms with E-state index in [2.05, 4.69) is 15.3 Å². The van der Waals surface area contributed by atoms with Crippen molar-refractivity contribution >= 4 is 34.4 Å². The molecular formula is C21H17F3N4O3. The molecule has 1 fully saturated rings. The summed E-state index contributed by atoms with van der Waals surface area (Å²) in [7, 11) is 0. The van der Waals surface area contributed by atoms with Crippen LogP contribution in [0.25, 0.3) is 11.0 Å². The van der Waals surface area contributed by atoms with E-state index >= 15 is 0 Å². The minimum absolute atomic E-state index is 0.125. The maximum Gasteiger partial charge on any atom is 0.416 e. The van der Waals surface area contributed by atoms with Gasteiger partial charge in [0.2, 0.25) is 0 Å². The maximum atomic E-state index is 12.8. The largest absolute Gasteiger partial charge is 0.480 e. The molecular weight excluding hydrogens is 413 g/mol. The highest BCUT2D eigenvalue weighted by atomic mass is 19.4. The zero-order valence-corrected chi connectivity index (χ0v) is 16.1. The summed E-state index contributed by atoms with van der Waals surface area (Å²) in [5.74, 6) is -1.03. The molecule has 1 atom stereocenters. The number of rotatable bonds is 4. The summed E-state index contributed by atoms with van der Waals surface area (Å²) in [6.07, 6.45) is -2.05. The van der Waals surface area contributed by atoms with Crippen LogP contribution in [0.1, 0.15) is 28.8 Å². The molecule has 0 aliphatic carbocycles. The number of likely N-dealkylation sites (tertiary alicyclic amines) is 1. The van der Waals surface area contributed by atoms with Crippen LogP contribution >= 0.6 is 0 Å². The smallest absolute Gasteiger partial charge is 0.416 e. The number of fused-ring (bicyclic) bond motifs is 1. The monoisotopic (exact) mass is 430 g/mol. The van der Waals surface area contributed by atoms with Gasteiger partial charge in [-0.2, -0.15) is 13.2 Å². The van der Waals surface area contributed by atoms with Gasteiger partial charge in [-0.1, -0.05) is 0 Å². The molecule has 0 bridgehead atoms. The highest BCUT2D eigenvalue weighted by Gasteiger charge is 2.34. The molecule has 31 heavy (non-hydrogen) atoms. The van der Waals surface area contributed by atoms with E-state index in [0.29, 0.717) is 42.0 Å². The van der Waals surface area contributed by atoms with E-state index in [9.17, 15) is 27.9 Å². The summed E-state index contributed by atoms with van der Waals surface area (Å²) in [6, 6.07) is 8.76. The number of carbonyl (C=O) groups is 2. The van der Waals surface area contributed by atoms with Crippen LogP contribution in [0.4, 0.5) is 24.7 Å². The highest BCUT2D eigenvalue weighted by Crippen LogP contribution is 2.31. The molecule has 1 saturated heterocycles. The first-order chi connectivity index (χ1) is 14.7. The number of hydrogen-bond donors (Lipinski definition) is 2. The molecule has 4 rings (SSSR count). The van der Waals surface area contributed by atoms with Crippen molar-refractivity contribution in [2.45, 2.75) is 25.1 Å². The van der Waals surface area contributed by atoms with Crippen LogP contribution in [0.15, 0.2) is 48.7 Å². The summed E-state index contributed by atoms with van der Waals surface area (Å²) in [5.41, 5.74) is 0.591. The number of carboxylic acid groups (broad SMARTS) is 1. The van der Waals surface area contributed by atoms with Gasteiger partial charge in [0, 0.05) is 17.8 Å². The second kappa shape index (κ2) is 7.86. The SMILES string of the molecule is O=C(O)C1CCCN1C(=O)c1ccc(Nc2cnc3cc(C(F)(F)F)ccc3n2)cc1. The predicted octanol–water partition coefficient (Wildman–Crippen LogP) is 4.08. The van der Waals surface area contributed by atoms with Gasteiger partial charge in [-0.15, -0.1) is 0 Å². The standard InChI is InChI=1S/C21H17F3N4O3/c22-21(23,24)13-5-8-15-16(10-13)25-11-18(27-15)26-14-6-3-12(4-7-14)19(29)28-9-1-2-17(28)20(30)31/h3-8,10-11,17H,1-2,9H2,(H,26,27)(H,30,31). The Kier molecular flexibility index (Phi) is 5.22. The number of nitrogens with zero attached hydrogens (tertiary/aromatic N) is 3. The first kappa shape index (κ1) is 20.6. The summed E-state index contributed by atoms with van der Waals surface area (Å²) in [4.78, 5) is 33.6. The third kappa shape index (κ3) is 4.27. The van der Waals surface area contributed by atoms with E-state index in [1.807, 2.05) is 0 Å². The van der Waals surface area contributed by atoms with E-state index in [1.54, 1.807) is 24.3 Å². The zero-order valence-electron chi connectivity index (χ0n) is 16.1. The van der Waals surface area contributed by atoms with Crippen molar-refractivity contribution in [2.75, 3.05) is 11.9 Å². The fraction of sp³-hybridized carbons (Fsp3) is 0.238. The van der Waals surface area contributed by atoms with E-state index in [4.69, 9.17) is 0 Å². The number of aromatic nitrogens is 2. The lowest BCUT2D eigenvalue weighted by atomic mass is 10.1. The minimum Gasteiger partial charge on any atom is -0.480 e. The van der Waals surface area contributed by atoms with Gasteiger partial charge in [0.05, 0.1) is 22.8 Å². The average Bonchev–Trinajstić information content (AvgIpc) is 3.23. The van der Waals surface area contributed by atoms with Gasteiger partial charge in [0.25, 0.3) is 5.91 Å². The molecule has 2 aromatic carbocycles. The molecule has 2 heterocycles. The Bertz CT molecular complexity index is 1150. The number of nitrogens with one attached hydrogen (secondary N) is 1. The van der Waals surface area contributed by atoms with Gasteiger partial charge in [-0.3, -0.25) is 9.78 Å². The number of carboxylic acids is 1. The Morgan fingerprint density at radius 3 is 2.52 bits per heavy atom. The quantitative estimate of drug-likeness (QED) is 0.648. The van der Waals surface area contributed by atoms with Crippen molar-refractivity contribution in [1.29, 1.82) is 0 Å². The van der Waals surface area contributed by atoms with E-state index in [1.165, 1.54) is 17.2 Å². The Hall–Kier alpha value is -3.69. The molecule has 0 radical (unpaired) electrons. The third-order valence-corrected chi connectivity index (χ3v) is 5.07. The molecule has 1 unspecified atom stereocenters. The molecule has 7 nitrogen and oxygen atoms in total. The lowest BCUT2D eigenvalue weighted by molar-refractivity contribution is -0.141. The van der Waals surface area contributed by atoms with Crippen molar-refractivity contribution in [3.8, 4) is 0 Å². The fourth-order valence-corrected chi connectivity index (χ4v) is 3.52. The van der Waals surface area contributed by atoms with Gasteiger partial charge in [-0.05, 0) is 55.3 Å². The molecule has 160 valence electrons. The number of benzene rings is 2. The van der Waals surface area contributed by atoms with Crippen LogP contribution in [0.2, 0.25) is 0 Å². The normalized spacial score (nSPS) is 16.5. The van der Waals surface area contributed by atoms with Crippen molar-refractivity contribution in [2.24, 2.45) is 0 Å². The average molecular weight is 430 g/mol. The maximum absolute atomic E-state index is 12.8. The van der Waals surface area contributed by atoms with Crippen LogP contribution in [-0.4, -0.2) is 44.4 Å². The summed E-state index contributed by atoms with van der Waals surface area (Å²) in [5, 5.41) is 12.2. The number of alkyl halides is 3. The minimum atomic E-state index is -4.45. The van der Waals surface area contributed by atoms with E-state index in [0.717, 1.165) is 12.1 Å². The van der Waals surface area contributed by atoms with Gasteiger partial charge in [0.15, 0.2) is 0 Å². The fourth-order valence-electron chi connectivity index (χ4n) is 3.52. The van der Waals surface area contributed by atoms with Crippen molar-refractivity contribution in [3.63, 3.8) is 0 Å². The Morgan fingerprint density at radius 1 is 1.10 bits per heavy atom. The Balaban J connectivity index is 1.49. The van der Waals surface area contributed by atoms with Gasteiger partial charge < -0.3 is 15.3 Å². The Labute approximate surface area is 174 Å². The van der Waals surface area contributed by atoms with Crippen molar-refractivity contribution < 1.29 is 27.9 Å². The molecule has 10 heteroatoms. The molecule has 1 aliphatic heterocycles. The second-order valence-corrected chi connectivity index (χ2v) is 7.15. The molecule has 0 spiro atoms. The predicted molar refractivity (Wildman–Crippen MR) is 106 cm³/mol. The number of amides is 1. The lowest BCUT2D eigenvalue weighted by Gasteiger charge is -2.21. The second-order valence-electron chi connectivity index (χ2n) is 7.15. The van der Waals surface area contributed by atoms with Crippen LogP contribution < -0.4 is 5.32 Å². The van der Waals surface area contributed by atoms with Crippen LogP contribution in [0.5, 0.6) is 0 Å². The zero-order chi connectivity index (χ0) is 22.2. The topological polar surface area (TPSA) is 95.4 Å². The van der Waals surface area contributed by atoms with Crippen LogP contribution in [-0.2, 0) is 11.0 Å². The third-order valence-electron chi connectivity index (χ3n) is 5.07. The molecule has 1 aromatic heterocycles. The number of anilines is 2. The lowest BCUT2D eigenvalue weighted by Crippen LogP contribution is -2.40. The van der Waals surface area contributed by atoms with Crippen LogP contribution in [0, 0.1) is 0 Å². The van der Waals surface area contributed by atoms with E-state index in [-0.39, 0.29) is 11.4 Å². The van der Waals surface area contributed by atoms with Crippen molar-refractivity contribution in [3.05, 3.63) is 59.8 Å². The molecule has 3 aromatic rings. The first-order valence-electron chi connectivity index (χ1n) is 9.47. The van der Waals surface area contributed by atoms with Crippen molar-refractivity contribution in [1.82, 2.24) is 14.9 Å². The molecule has 1 aliphatic rings. The number of hydrogen-bond acceptors (Lipinski definition) is 5. The number of halogens is 3.